The largest absolute Gasteiger partial charge is 0.394 e. The van der Waals surface area contributed by atoms with E-state index in [-0.39, 0.29) is 19.0 Å². The molecule has 1 heterocycles. The Morgan fingerprint density at radius 1 is 1.80 bits per heavy atom. The summed E-state index contributed by atoms with van der Waals surface area (Å²) in [4.78, 5) is 14.0. The smallest absolute Gasteiger partial charge is 0.345 e. The number of aliphatic hydroxyl groups is 1. The molecule has 0 spiro atoms. The Balaban J connectivity index is 2.90. The van der Waals surface area contributed by atoms with Gasteiger partial charge in [-0.05, 0) is 4.92 Å². The minimum atomic E-state index is -0.515. The van der Waals surface area contributed by atoms with Gasteiger partial charge in [-0.25, -0.2) is 4.98 Å². The Kier molecular flexibility index (Phi) is 3.75. The van der Waals surface area contributed by atoms with Crippen LogP contribution in [-0.4, -0.2) is 32.8 Å². The zero-order chi connectivity index (χ0) is 11.4. The fraction of sp³-hybridized carbons (Fsp3) is 0.625. The second-order valence-electron chi connectivity index (χ2n) is 2.98. The van der Waals surface area contributed by atoms with E-state index in [4.69, 9.17) is 9.84 Å². The molecule has 0 aliphatic carbocycles. The van der Waals surface area contributed by atoms with Gasteiger partial charge < -0.3 is 20.0 Å². The molecule has 1 unspecified atom stereocenters. The molecule has 0 aliphatic heterocycles. The van der Waals surface area contributed by atoms with Crippen molar-refractivity contribution in [1.82, 2.24) is 9.55 Å². The van der Waals surface area contributed by atoms with Crippen molar-refractivity contribution in [3.05, 3.63) is 22.1 Å². The molecule has 15 heavy (non-hydrogen) atoms. The monoisotopic (exact) mass is 215 g/mol. The number of nitro groups is 1. The Morgan fingerprint density at radius 2 is 2.47 bits per heavy atom. The molecule has 84 valence electrons. The average Bonchev–Trinajstić information content (AvgIpc) is 2.56. The third-order valence-electron chi connectivity index (χ3n) is 1.96. The standard InChI is InChI=1S/C8H13N3O4/c1-6-9-5-8(11(13)14)10(6)7(2)15-4-3-12/h5,7,12H,3-4H2,1-2H3. The first-order chi connectivity index (χ1) is 7.07. The number of rotatable bonds is 5. The lowest BCUT2D eigenvalue weighted by Gasteiger charge is -2.11. The van der Waals surface area contributed by atoms with Crippen molar-refractivity contribution >= 4 is 5.82 Å². The van der Waals surface area contributed by atoms with Crippen molar-refractivity contribution in [3.63, 3.8) is 0 Å². The summed E-state index contributed by atoms with van der Waals surface area (Å²) in [5, 5.41) is 19.2. The van der Waals surface area contributed by atoms with Gasteiger partial charge in [0.2, 0.25) is 6.23 Å². The maximum atomic E-state index is 10.7. The van der Waals surface area contributed by atoms with Gasteiger partial charge in [0.05, 0.1) is 13.2 Å². The Bertz CT molecular complexity index is 350. The van der Waals surface area contributed by atoms with E-state index in [1.54, 1.807) is 13.8 Å². The molecule has 0 aliphatic rings. The molecule has 1 aromatic heterocycles. The summed E-state index contributed by atoms with van der Waals surface area (Å²) in [6.45, 7) is 3.34. The van der Waals surface area contributed by atoms with E-state index < -0.39 is 11.2 Å². The van der Waals surface area contributed by atoms with Crippen LogP contribution in [0.4, 0.5) is 5.82 Å². The number of hydrogen-bond acceptors (Lipinski definition) is 5. The van der Waals surface area contributed by atoms with E-state index in [2.05, 4.69) is 4.98 Å². The predicted octanol–water partition coefficient (Wildman–Crippen LogP) is 0.627. The van der Waals surface area contributed by atoms with E-state index in [1.165, 1.54) is 10.8 Å². The molecule has 1 aromatic rings. The molecular formula is C8H13N3O4. The molecule has 0 bridgehead atoms. The van der Waals surface area contributed by atoms with Crippen LogP contribution in [0.25, 0.3) is 0 Å². The van der Waals surface area contributed by atoms with E-state index in [9.17, 15) is 10.1 Å². The SMILES string of the molecule is Cc1ncc([N+](=O)[O-])n1C(C)OCCO. The molecule has 1 atom stereocenters. The maximum Gasteiger partial charge on any atom is 0.345 e. The molecule has 7 heteroatoms. The fourth-order valence-electron chi connectivity index (χ4n) is 1.32. The van der Waals surface area contributed by atoms with Crippen LogP contribution in [0.3, 0.4) is 0 Å². The lowest BCUT2D eigenvalue weighted by molar-refractivity contribution is -0.393. The quantitative estimate of drug-likeness (QED) is 0.574. The number of aromatic nitrogens is 2. The second-order valence-corrected chi connectivity index (χ2v) is 2.98. The molecule has 0 aromatic carbocycles. The Hall–Kier alpha value is -1.47. The number of aryl methyl sites for hydroxylation is 1. The van der Waals surface area contributed by atoms with E-state index in [0.29, 0.717) is 5.82 Å². The first-order valence-electron chi connectivity index (χ1n) is 4.48. The van der Waals surface area contributed by atoms with Crippen molar-refractivity contribution in [1.29, 1.82) is 0 Å². The van der Waals surface area contributed by atoms with Crippen molar-refractivity contribution < 1.29 is 14.8 Å². The van der Waals surface area contributed by atoms with Crippen LogP contribution in [0, 0.1) is 17.0 Å². The topological polar surface area (TPSA) is 90.4 Å². The lowest BCUT2D eigenvalue weighted by Crippen LogP contribution is -2.15. The average molecular weight is 215 g/mol. The summed E-state index contributed by atoms with van der Waals surface area (Å²) in [5.74, 6) is 0.394. The first-order valence-corrected chi connectivity index (χ1v) is 4.48. The van der Waals surface area contributed by atoms with E-state index in [1.807, 2.05) is 0 Å². The van der Waals surface area contributed by atoms with Crippen LogP contribution in [0.15, 0.2) is 6.20 Å². The zero-order valence-corrected chi connectivity index (χ0v) is 8.58. The highest BCUT2D eigenvalue weighted by Crippen LogP contribution is 2.20. The first kappa shape index (κ1) is 11.6. The van der Waals surface area contributed by atoms with Gasteiger partial charge in [0.1, 0.15) is 6.20 Å². The molecule has 0 amide bonds. The molecule has 0 saturated heterocycles. The summed E-state index contributed by atoms with van der Waals surface area (Å²) in [5.41, 5.74) is 0. The Morgan fingerprint density at radius 3 is 3.00 bits per heavy atom. The molecule has 0 radical (unpaired) electrons. The third kappa shape index (κ3) is 2.51. The molecule has 1 N–H and O–H groups in total. The number of imidazole rings is 1. The highest BCUT2D eigenvalue weighted by atomic mass is 16.6. The normalized spacial score (nSPS) is 12.7. The van der Waals surface area contributed by atoms with Gasteiger partial charge in [0.15, 0.2) is 5.82 Å². The third-order valence-corrected chi connectivity index (χ3v) is 1.96. The zero-order valence-electron chi connectivity index (χ0n) is 8.58. The van der Waals surface area contributed by atoms with Gasteiger partial charge in [-0.3, -0.25) is 0 Å². The van der Waals surface area contributed by atoms with E-state index in [0.717, 1.165) is 0 Å². The van der Waals surface area contributed by atoms with Crippen molar-refractivity contribution in [2.75, 3.05) is 13.2 Å². The summed E-state index contributed by atoms with van der Waals surface area (Å²) < 4.78 is 6.55. The molecule has 0 saturated carbocycles. The highest BCUT2D eigenvalue weighted by molar-refractivity contribution is 5.19. The predicted molar refractivity (Wildman–Crippen MR) is 51.4 cm³/mol. The molecule has 0 fully saturated rings. The Labute approximate surface area is 86.5 Å². The van der Waals surface area contributed by atoms with Crippen molar-refractivity contribution in [3.8, 4) is 0 Å². The second kappa shape index (κ2) is 4.85. The van der Waals surface area contributed by atoms with Crippen LogP contribution < -0.4 is 0 Å². The van der Waals surface area contributed by atoms with Crippen LogP contribution in [0.1, 0.15) is 19.0 Å². The van der Waals surface area contributed by atoms with Crippen LogP contribution in [0.5, 0.6) is 0 Å². The summed E-state index contributed by atoms with van der Waals surface area (Å²) in [6, 6.07) is 0. The van der Waals surface area contributed by atoms with Gasteiger partial charge in [-0.2, -0.15) is 4.57 Å². The van der Waals surface area contributed by atoms with Gasteiger partial charge >= 0.3 is 5.82 Å². The summed E-state index contributed by atoms with van der Waals surface area (Å²) >= 11 is 0. The highest BCUT2D eigenvalue weighted by Gasteiger charge is 2.22. The lowest BCUT2D eigenvalue weighted by atomic mass is 10.5. The molecule has 7 nitrogen and oxygen atoms in total. The van der Waals surface area contributed by atoms with Gasteiger partial charge in [-0.1, -0.05) is 0 Å². The van der Waals surface area contributed by atoms with Gasteiger partial charge in [-0.15, -0.1) is 0 Å². The molecular weight excluding hydrogens is 202 g/mol. The number of aliphatic hydroxyl groups excluding tert-OH is 1. The van der Waals surface area contributed by atoms with Crippen molar-refractivity contribution in [2.45, 2.75) is 20.1 Å². The maximum absolute atomic E-state index is 10.7. The summed E-state index contributed by atoms with van der Waals surface area (Å²) in [7, 11) is 0. The summed E-state index contributed by atoms with van der Waals surface area (Å²) in [6.07, 6.45) is 0.675. The van der Waals surface area contributed by atoms with Crippen LogP contribution in [-0.2, 0) is 4.74 Å². The van der Waals surface area contributed by atoms with Crippen LogP contribution >= 0.6 is 0 Å². The number of ether oxygens (including phenoxy) is 1. The van der Waals surface area contributed by atoms with Gasteiger partial charge in [0.25, 0.3) is 0 Å². The fourth-order valence-corrected chi connectivity index (χ4v) is 1.32. The molecule has 1 rings (SSSR count). The minimum absolute atomic E-state index is 0.113. The van der Waals surface area contributed by atoms with E-state index >= 15 is 0 Å². The minimum Gasteiger partial charge on any atom is -0.394 e. The van der Waals surface area contributed by atoms with Crippen molar-refractivity contribution in [2.24, 2.45) is 0 Å². The number of nitrogens with zero attached hydrogens (tertiary/aromatic N) is 3. The van der Waals surface area contributed by atoms with Gasteiger partial charge in [0, 0.05) is 13.8 Å². The van der Waals surface area contributed by atoms with Crippen LogP contribution in [0.2, 0.25) is 0 Å². The number of hydrogen-bond donors (Lipinski definition) is 1.